The van der Waals surface area contributed by atoms with Gasteiger partial charge >= 0.3 is 5.69 Å². The number of ether oxygens (including phenoxy) is 3. The number of methoxy groups -OCH3 is 2. The molecule has 0 atom stereocenters. The Morgan fingerprint density at radius 3 is 2.48 bits per heavy atom. The molecule has 172 valence electrons. The van der Waals surface area contributed by atoms with Gasteiger partial charge in [0.1, 0.15) is 0 Å². The van der Waals surface area contributed by atoms with Crippen LogP contribution in [0.15, 0.2) is 54.7 Å². The molecule has 33 heavy (non-hydrogen) atoms. The van der Waals surface area contributed by atoms with Gasteiger partial charge in [-0.05, 0) is 42.3 Å². The number of thioether (sulfide) groups is 1. The third kappa shape index (κ3) is 6.59. The number of hydrogen-bond donors (Lipinski definition) is 1. The van der Waals surface area contributed by atoms with Crippen molar-refractivity contribution in [2.75, 3.05) is 25.3 Å². The van der Waals surface area contributed by atoms with Gasteiger partial charge in [0.2, 0.25) is 11.8 Å². The molecule has 0 saturated heterocycles. The number of carbonyl (C=O) groups is 1. The predicted octanol–water partition coefficient (Wildman–Crippen LogP) is 4.98. The quantitative estimate of drug-likeness (QED) is 0.327. The molecule has 2 aromatic carbocycles. The lowest BCUT2D eigenvalue weighted by Crippen LogP contribution is -2.14. The summed E-state index contributed by atoms with van der Waals surface area (Å²) in [6.07, 6.45) is 1.51. The lowest BCUT2D eigenvalue weighted by molar-refractivity contribution is -0.385. The molecule has 1 amide bonds. The standard InChI is InChI=1S/C23H23N3O6S/c1-15-4-7-20(21(10-15)31-3)32-23-9-6-17(12-24-23)25-22(27)14-33-13-16-5-8-19(30-2)18(11-16)26(28)29/h4-12H,13-14H2,1-3H3,(H,25,27). The van der Waals surface area contributed by atoms with E-state index >= 15 is 0 Å². The van der Waals surface area contributed by atoms with E-state index in [1.165, 1.54) is 31.1 Å². The molecule has 1 aromatic heterocycles. The summed E-state index contributed by atoms with van der Waals surface area (Å²) in [6.45, 7) is 1.96. The average Bonchev–Trinajstić information content (AvgIpc) is 2.81. The lowest BCUT2D eigenvalue weighted by atomic mass is 10.2. The van der Waals surface area contributed by atoms with E-state index in [9.17, 15) is 14.9 Å². The van der Waals surface area contributed by atoms with Crippen molar-refractivity contribution in [1.82, 2.24) is 4.98 Å². The van der Waals surface area contributed by atoms with Gasteiger partial charge in [-0.3, -0.25) is 14.9 Å². The number of nitro groups is 1. The van der Waals surface area contributed by atoms with Crippen LogP contribution in [0.1, 0.15) is 11.1 Å². The van der Waals surface area contributed by atoms with Gasteiger partial charge in [-0.2, -0.15) is 0 Å². The Labute approximate surface area is 195 Å². The smallest absolute Gasteiger partial charge is 0.311 e. The van der Waals surface area contributed by atoms with Crippen LogP contribution in [0.3, 0.4) is 0 Å². The van der Waals surface area contributed by atoms with E-state index in [4.69, 9.17) is 14.2 Å². The number of aryl methyl sites for hydroxylation is 1. The Morgan fingerprint density at radius 1 is 1.06 bits per heavy atom. The van der Waals surface area contributed by atoms with Crippen molar-refractivity contribution in [2.24, 2.45) is 0 Å². The highest BCUT2D eigenvalue weighted by molar-refractivity contribution is 7.99. The number of rotatable bonds is 10. The van der Waals surface area contributed by atoms with Gasteiger partial charge in [-0.15, -0.1) is 11.8 Å². The Hall–Kier alpha value is -3.79. The highest BCUT2D eigenvalue weighted by Gasteiger charge is 2.15. The zero-order chi connectivity index (χ0) is 23.8. The van der Waals surface area contributed by atoms with Gasteiger partial charge in [-0.1, -0.05) is 12.1 Å². The number of nitro benzene ring substituents is 1. The molecule has 0 spiro atoms. The number of nitrogens with one attached hydrogen (secondary N) is 1. The first-order valence-electron chi connectivity index (χ1n) is 9.87. The van der Waals surface area contributed by atoms with Gasteiger partial charge in [0, 0.05) is 17.9 Å². The molecule has 0 saturated carbocycles. The van der Waals surface area contributed by atoms with Crippen LogP contribution in [-0.2, 0) is 10.5 Å². The fourth-order valence-electron chi connectivity index (χ4n) is 2.91. The van der Waals surface area contributed by atoms with Gasteiger partial charge in [-0.25, -0.2) is 4.98 Å². The van der Waals surface area contributed by atoms with Crippen LogP contribution in [0.25, 0.3) is 0 Å². The third-order valence-electron chi connectivity index (χ3n) is 4.50. The monoisotopic (exact) mass is 469 g/mol. The molecule has 0 aliphatic rings. The van der Waals surface area contributed by atoms with Crippen LogP contribution < -0.4 is 19.5 Å². The SMILES string of the molecule is COc1cc(C)ccc1Oc1ccc(NC(=O)CSCc2ccc(OC)c([N+](=O)[O-])c2)cn1. The van der Waals surface area contributed by atoms with Crippen molar-refractivity contribution in [2.45, 2.75) is 12.7 Å². The van der Waals surface area contributed by atoms with Gasteiger partial charge in [0.05, 0.1) is 36.8 Å². The number of aromatic nitrogens is 1. The number of carbonyl (C=O) groups excluding carboxylic acids is 1. The molecule has 0 aliphatic heterocycles. The number of benzene rings is 2. The Balaban J connectivity index is 1.51. The Bertz CT molecular complexity index is 1140. The van der Waals surface area contributed by atoms with Crippen LogP contribution >= 0.6 is 11.8 Å². The molecule has 10 heteroatoms. The molecule has 9 nitrogen and oxygen atoms in total. The summed E-state index contributed by atoms with van der Waals surface area (Å²) >= 11 is 1.34. The average molecular weight is 470 g/mol. The van der Waals surface area contributed by atoms with Crippen LogP contribution in [0.4, 0.5) is 11.4 Å². The molecule has 1 N–H and O–H groups in total. The summed E-state index contributed by atoms with van der Waals surface area (Å²) in [5.41, 5.74) is 2.21. The minimum absolute atomic E-state index is 0.100. The first-order valence-corrected chi connectivity index (χ1v) is 11.0. The second kappa shape index (κ2) is 11.2. The highest BCUT2D eigenvalue weighted by atomic mass is 32.2. The number of nitrogens with zero attached hydrogens (tertiary/aromatic N) is 2. The van der Waals surface area contributed by atoms with E-state index in [1.54, 1.807) is 37.4 Å². The van der Waals surface area contributed by atoms with Gasteiger partial charge in [0.15, 0.2) is 17.2 Å². The van der Waals surface area contributed by atoms with E-state index < -0.39 is 4.92 Å². The topological polar surface area (TPSA) is 113 Å². The van der Waals surface area contributed by atoms with Crippen LogP contribution in [0, 0.1) is 17.0 Å². The van der Waals surface area contributed by atoms with Gasteiger partial charge < -0.3 is 19.5 Å². The molecule has 3 aromatic rings. The molecule has 0 fully saturated rings. The fourth-order valence-corrected chi connectivity index (χ4v) is 3.69. The third-order valence-corrected chi connectivity index (χ3v) is 5.50. The van der Waals surface area contributed by atoms with Crippen molar-refractivity contribution < 1.29 is 23.9 Å². The van der Waals surface area contributed by atoms with Crippen molar-refractivity contribution in [1.29, 1.82) is 0 Å². The predicted molar refractivity (Wildman–Crippen MR) is 126 cm³/mol. The summed E-state index contributed by atoms with van der Waals surface area (Å²) in [6, 6.07) is 13.7. The van der Waals surface area contributed by atoms with E-state index in [0.717, 1.165) is 11.1 Å². The maximum atomic E-state index is 12.2. The Morgan fingerprint density at radius 2 is 1.82 bits per heavy atom. The first kappa shape index (κ1) is 23.9. The molecule has 0 aliphatic carbocycles. The van der Waals surface area contributed by atoms with E-state index in [-0.39, 0.29) is 23.1 Å². The molecule has 3 rings (SSSR count). The van der Waals surface area contributed by atoms with Crippen molar-refractivity contribution in [3.05, 3.63) is 76.0 Å². The maximum Gasteiger partial charge on any atom is 0.311 e. The maximum absolute atomic E-state index is 12.2. The number of pyridine rings is 1. The minimum Gasteiger partial charge on any atom is -0.493 e. The van der Waals surface area contributed by atoms with Crippen molar-refractivity contribution in [3.63, 3.8) is 0 Å². The van der Waals surface area contributed by atoms with Crippen LogP contribution in [-0.4, -0.2) is 35.8 Å². The van der Waals surface area contributed by atoms with E-state index in [1.807, 2.05) is 19.1 Å². The molecular formula is C23H23N3O6S. The number of amides is 1. The summed E-state index contributed by atoms with van der Waals surface area (Å²) in [5, 5.41) is 13.9. The zero-order valence-corrected chi connectivity index (χ0v) is 19.2. The molecular weight excluding hydrogens is 446 g/mol. The number of anilines is 1. The van der Waals surface area contributed by atoms with E-state index in [2.05, 4.69) is 10.3 Å². The van der Waals surface area contributed by atoms with Crippen molar-refractivity contribution >= 4 is 29.0 Å². The van der Waals surface area contributed by atoms with E-state index in [0.29, 0.717) is 28.8 Å². The molecule has 0 radical (unpaired) electrons. The van der Waals surface area contributed by atoms with Crippen LogP contribution in [0.5, 0.6) is 23.1 Å². The molecule has 0 unspecified atom stereocenters. The van der Waals surface area contributed by atoms with Crippen molar-refractivity contribution in [3.8, 4) is 23.1 Å². The lowest BCUT2D eigenvalue weighted by Gasteiger charge is -2.11. The Kier molecular flexibility index (Phi) is 8.09. The summed E-state index contributed by atoms with van der Waals surface area (Å²) in [7, 11) is 2.95. The molecule has 1 heterocycles. The highest BCUT2D eigenvalue weighted by Crippen LogP contribution is 2.32. The summed E-state index contributed by atoms with van der Waals surface area (Å²) in [5.74, 6) is 2.13. The zero-order valence-electron chi connectivity index (χ0n) is 18.4. The van der Waals surface area contributed by atoms with Gasteiger partial charge in [0.25, 0.3) is 0 Å². The number of hydrogen-bond acceptors (Lipinski definition) is 8. The normalized spacial score (nSPS) is 10.4. The largest absolute Gasteiger partial charge is 0.493 e. The molecule has 0 bridgehead atoms. The second-order valence-electron chi connectivity index (χ2n) is 6.95. The first-order chi connectivity index (χ1) is 15.9. The fraction of sp³-hybridized carbons (Fsp3) is 0.217. The summed E-state index contributed by atoms with van der Waals surface area (Å²) in [4.78, 5) is 27.1. The summed E-state index contributed by atoms with van der Waals surface area (Å²) < 4.78 is 16.1. The minimum atomic E-state index is -0.491. The second-order valence-corrected chi connectivity index (χ2v) is 7.93. The van der Waals surface area contributed by atoms with Crippen LogP contribution in [0.2, 0.25) is 0 Å².